The molecule has 4 aromatic rings. The molecule has 0 aliphatic carbocycles. The number of amides is 2. The van der Waals surface area contributed by atoms with Gasteiger partial charge in [-0.05, 0) is 53.6 Å². The van der Waals surface area contributed by atoms with Crippen LogP contribution in [0.4, 0.5) is 10.1 Å². The van der Waals surface area contributed by atoms with E-state index in [1.54, 1.807) is 36.4 Å². The molecule has 0 fully saturated rings. The number of halogens is 2. The van der Waals surface area contributed by atoms with Crippen LogP contribution in [-0.4, -0.2) is 44.8 Å². The van der Waals surface area contributed by atoms with Gasteiger partial charge >= 0.3 is 0 Å². The predicted molar refractivity (Wildman–Crippen MR) is 157 cm³/mol. The van der Waals surface area contributed by atoms with Crippen LogP contribution >= 0.6 is 11.6 Å². The maximum atomic E-state index is 14.1. The van der Waals surface area contributed by atoms with E-state index in [0.29, 0.717) is 10.6 Å². The van der Waals surface area contributed by atoms with Crippen molar-refractivity contribution in [3.8, 4) is 0 Å². The minimum atomic E-state index is -4.21. The molecule has 212 valence electrons. The first-order valence-corrected chi connectivity index (χ1v) is 14.6. The molecular weight excluding hydrogens is 565 g/mol. The van der Waals surface area contributed by atoms with Crippen molar-refractivity contribution >= 4 is 39.1 Å². The fourth-order valence-electron chi connectivity index (χ4n) is 4.39. The van der Waals surface area contributed by atoms with E-state index in [1.165, 1.54) is 54.4 Å². The van der Waals surface area contributed by atoms with Gasteiger partial charge in [-0.25, -0.2) is 12.8 Å². The summed E-state index contributed by atoms with van der Waals surface area (Å²) >= 11 is 6.20. The lowest BCUT2D eigenvalue weighted by Crippen LogP contribution is -2.53. The van der Waals surface area contributed by atoms with Crippen LogP contribution < -0.4 is 9.62 Å². The summed E-state index contributed by atoms with van der Waals surface area (Å²) in [6.45, 7) is -0.667. The third kappa shape index (κ3) is 7.50. The number of likely N-dealkylation sites (N-methyl/N-ethyl adjacent to an activating group) is 1. The van der Waals surface area contributed by atoms with E-state index in [-0.39, 0.29) is 23.5 Å². The van der Waals surface area contributed by atoms with Gasteiger partial charge < -0.3 is 10.2 Å². The predicted octanol–water partition coefficient (Wildman–Crippen LogP) is 5.06. The zero-order chi connectivity index (χ0) is 29.4. The Bertz CT molecular complexity index is 1590. The van der Waals surface area contributed by atoms with Gasteiger partial charge in [0.05, 0.1) is 10.6 Å². The molecule has 0 saturated heterocycles. The van der Waals surface area contributed by atoms with Crippen molar-refractivity contribution in [3.05, 3.63) is 131 Å². The van der Waals surface area contributed by atoms with E-state index in [4.69, 9.17) is 11.6 Å². The third-order valence-electron chi connectivity index (χ3n) is 6.49. The smallest absolute Gasteiger partial charge is 0.264 e. The lowest BCUT2D eigenvalue weighted by atomic mass is 10.0. The number of hydrogen-bond acceptors (Lipinski definition) is 4. The number of sulfonamides is 1. The van der Waals surface area contributed by atoms with E-state index in [2.05, 4.69) is 5.32 Å². The molecule has 0 spiro atoms. The quantitative estimate of drug-likeness (QED) is 0.263. The van der Waals surface area contributed by atoms with Gasteiger partial charge in [-0.1, -0.05) is 78.3 Å². The van der Waals surface area contributed by atoms with Crippen molar-refractivity contribution in [1.29, 1.82) is 0 Å². The molecular formula is C31H29ClFN3O4S. The minimum absolute atomic E-state index is 0.00926. The highest BCUT2D eigenvalue weighted by Crippen LogP contribution is 2.27. The van der Waals surface area contributed by atoms with Crippen LogP contribution in [0.25, 0.3) is 0 Å². The molecule has 0 bridgehead atoms. The third-order valence-corrected chi connectivity index (χ3v) is 8.51. The van der Waals surface area contributed by atoms with Gasteiger partial charge in [0.2, 0.25) is 11.8 Å². The van der Waals surface area contributed by atoms with E-state index in [9.17, 15) is 22.4 Å². The average Bonchev–Trinajstić information content (AvgIpc) is 2.99. The number of hydrogen-bond donors (Lipinski definition) is 1. The summed E-state index contributed by atoms with van der Waals surface area (Å²) in [5, 5.41) is 2.91. The Balaban J connectivity index is 1.78. The van der Waals surface area contributed by atoms with Crippen LogP contribution in [0.1, 0.15) is 11.1 Å². The molecule has 0 unspecified atom stereocenters. The normalized spacial score (nSPS) is 11.9. The molecule has 0 saturated carbocycles. The summed E-state index contributed by atoms with van der Waals surface area (Å²) in [5.41, 5.74) is 1.57. The Kier molecular flexibility index (Phi) is 9.75. The van der Waals surface area contributed by atoms with Crippen LogP contribution in [0.15, 0.2) is 114 Å². The summed E-state index contributed by atoms with van der Waals surface area (Å²) in [4.78, 5) is 28.7. The number of benzene rings is 4. The van der Waals surface area contributed by atoms with Crippen molar-refractivity contribution in [3.63, 3.8) is 0 Å². The zero-order valence-electron chi connectivity index (χ0n) is 22.3. The fraction of sp³-hybridized carbons (Fsp3) is 0.161. The van der Waals surface area contributed by atoms with Crippen LogP contribution in [0.2, 0.25) is 5.02 Å². The lowest BCUT2D eigenvalue weighted by molar-refractivity contribution is -0.139. The summed E-state index contributed by atoms with van der Waals surface area (Å²) in [6.07, 6.45) is 0.177. The van der Waals surface area contributed by atoms with Crippen LogP contribution in [0, 0.1) is 5.82 Å². The Morgan fingerprint density at radius 1 is 0.854 bits per heavy atom. The fourth-order valence-corrected chi connectivity index (χ4v) is 6.00. The molecule has 0 radical (unpaired) electrons. The largest absolute Gasteiger partial charge is 0.357 e. The molecule has 7 nitrogen and oxygen atoms in total. The monoisotopic (exact) mass is 593 g/mol. The minimum Gasteiger partial charge on any atom is -0.357 e. The maximum absolute atomic E-state index is 14.1. The Hall–Kier alpha value is -4.21. The lowest BCUT2D eigenvalue weighted by Gasteiger charge is -2.33. The molecule has 1 atom stereocenters. The number of anilines is 1. The highest BCUT2D eigenvalue weighted by molar-refractivity contribution is 7.92. The van der Waals surface area contributed by atoms with Gasteiger partial charge in [-0.15, -0.1) is 0 Å². The van der Waals surface area contributed by atoms with Crippen molar-refractivity contribution in [2.24, 2.45) is 0 Å². The second kappa shape index (κ2) is 13.4. The summed E-state index contributed by atoms with van der Waals surface area (Å²) < 4.78 is 42.3. The highest BCUT2D eigenvalue weighted by Gasteiger charge is 2.34. The Morgan fingerprint density at radius 2 is 1.49 bits per heavy atom. The molecule has 0 aliphatic heterocycles. The summed E-state index contributed by atoms with van der Waals surface area (Å²) in [5.74, 6) is -1.50. The molecule has 0 aliphatic rings. The molecule has 4 aromatic carbocycles. The number of carbonyl (C=O) groups excluding carboxylic acids is 2. The molecule has 41 heavy (non-hydrogen) atoms. The van der Waals surface area contributed by atoms with Crippen LogP contribution in [-0.2, 0) is 32.6 Å². The highest BCUT2D eigenvalue weighted by atomic mass is 35.5. The van der Waals surface area contributed by atoms with Crippen molar-refractivity contribution in [1.82, 2.24) is 10.2 Å². The SMILES string of the molecule is CNC(=O)[C@H](Cc1ccccc1)N(Cc1ccc(F)cc1)C(=O)CN(c1cccc(Cl)c1)S(=O)(=O)c1ccccc1. The number of rotatable bonds is 11. The van der Waals surface area contributed by atoms with E-state index < -0.39 is 40.2 Å². The molecule has 4 rings (SSSR count). The van der Waals surface area contributed by atoms with Gasteiger partial charge in [0.25, 0.3) is 10.0 Å². The maximum Gasteiger partial charge on any atom is 0.264 e. The standard InChI is InChI=1S/C31H29ClFN3O4S/c1-34-31(38)29(19-23-9-4-2-5-10-23)35(21-24-15-17-26(33)18-16-24)30(37)22-36(27-12-8-11-25(32)20-27)41(39,40)28-13-6-3-7-14-28/h2-18,20,29H,19,21-22H2,1H3,(H,34,38)/t29-/m0/s1. The first kappa shape index (κ1) is 29.8. The molecule has 2 amide bonds. The molecule has 1 N–H and O–H groups in total. The first-order valence-electron chi connectivity index (χ1n) is 12.8. The van der Waals surface area contributed by atoms with Crippen LogP contribution in [0.3, 0.4) is 0 Å². The second-order valence-corrected chi connectivity index (χ2v) is 11.6. The van der Waals surface area contributed by atoms with Crippen molar-refractivity contribution < 1.29 is 22.4 Å². The Labute approximate surface area is 244 Å². The average molecular weight is 594 g/mol. The van der Waals surface area contributed by atoms with E-state index in [1.807, 2.05) is 30.3 Å². The zero-order valence-corrected chi connectivity index (χ0v) is 23.9. The van der Waals surface area contributed by atoms with E-state index >= 15 is 0 Å². The summed E-state index contributed by atoms with van der Waals surface area (Å²) in [6, 6.07) is 27.7. The van der Waals surface area contributed by atoms with Gasteiger partial charge in [0.1, 0.15) is 18.4 Å². The van der Waals surface area contributed by atoms with Crippen LogP contribution in [0.5, 0.6) is 0 Å². The topological polar surface area (TPSA) is 86.8 Å². The first-order chi connectivity index (χ1) is 19.7. The number of nitrogens with one attached hydrogen (secondary N) is 1. The van der Waals surface area contributed by atoms with Gasteiger partial charge in [-0.3, -0.25) is 13.9 Å². The van der Waals surface area contributed by atoms with Crippen molar-refractivity contribution in [2.75, 3.05) is 17.9 Å². The molecule has 10 heteroatoms. The van der Waals surface area contributed by atoms with E-state index in [0.717, 1.165) is 9.87 Å². The Morgan fingerprint density at radius 3 is 2.10 bits per heavy atom. The number of nitrogens with zero attached hydrogens (tertiary/aromatic N) is 2. The van der Waals surface area contributed by atoms with Crippen molar-refractivity contribution in [2.45, 2.75) is 23.9 Å². The van der Waals surface area contributed by atoms with Gasteiger partial charge in [0.15, 0.2) is 0 Å². The molecule has 0 heterocycles. The summed E-state index contributed by atoms with van der Waals surface area (Å²) in [7, 11) is -2.74. The molecule has 0 aromatic heterocycles. The van der Waals surface area contributed by atoms with Gasteiger partial charge in [-0.2, -0.15) is 0 Å². The van der Waals surface area contributed by atoms with Gasteiger partial charge in [0, 0.05) is 25.0 Å². The number of carbonyl (C=O) groups is 2. The second-order valence-electron chi connectivity index (χ2n) is 9.27.